The third-order valence-corrected chi connectivity index (χ3v) is 1.78. The number of hydrogen-bond acceptors (Lipinski definition) is 2. The minimum Gasteiger partial charge on any atom is -0.373 e. The molecular weight excluding hydrogens is 177 g/mol. The molecule has 0 saturated carbocycles. The van der Waals surface area contributed by atoms with Crippen LogP contribution in [0.25, 0.3) is 0 Å². The molecule has 2 amide bonds. The zero-order valence-electron chi connectivity index (χ0n) is 5.88. The summed E-state index contributed by atoms with van der Waals surface area (Å²) in [5, 5.41) is 8.78. The van der Waals surface area contributed by atoms with Crippen LogP contribution in [-0.4, -0.2) is 35.0 Å². The van der Waals surface area contributed by atoms with E-state index in [4.69, 9.17) is 5.11 Å². The number of aliphatic hydroxyl groups excluding tert-OH is 1. The topological polar surface area (TPSA) is 66.6 Å². The van der Waals surface area contributed by atoms with Crippen molar-refractivity contribution in [1.29, 1.82) is 0 Å². The molecule has 12 heavy (non-hydrogen) atoms. The fourth-order valence-corrected chi connectivity index (χ4v) is 0.986. The molecule has 70 valence electrons. The van der Waals surface area contributed by atoms with E-state index < -0.39 is 30.9 Å². The maximum absolute atomic E-state index is 11.8. The summed E-state index contributed by atoms with van der Waals surface area (Å²) in [6, 6.07) is -1.04. The van der Waals surface area contributed by atoms with E-state index in [-0.39, 0.29) is 0 Å². The first kappa shape index (κ1) is 9.11. The van der Waals surface area contributed by atoms with Gasteiger partial charge in [0.25, 0.3) is 0 Å². The van der Waals surface area contributed by atoms with E-state index in [2.05, 4.69) is 5.73 Å². The number of urea groups is 1. The number of halogens is 3. The molecule has 1 saturated heterocycles. The highest BCUT2D eigenvalue weighted by Crippen LogP contribution is 2.37. The lowest BCUT2D eigenvalue weighted by Crippen LogP contribution is -2.64. The smallest absolute Gasteiger partial charge is 0.373 e. The van der Waals surface area contributed by atoms with Crippen molar-refractivity contribution >= 4 is 6.03 Å². The van der Waals surface area contributed by atoms with Gasteiger partial charge in [-0.05, 0) is 0 Å². The first-order valence-electron chi connectivity index (χ1n) is 3.15. The normalized spacial score (nSPS) is 29.8. The average Bonchev–Trinajstić information content (AvgIpc) is 1.80. The van der Waals surface area contributed by atoms with E-state index in [1.165, 1.54) is 0 Å². The molecule has 1 fully saturated rings. The number of alkyl halides is 3. The molecule has 3 N–H and O–H groups in total. The first-order valence-corrected chi connectivity index (χ1v) is 3.15. The predicted molar refractivity (Wildman–Crippen MR) is 31.8 cm³/mol. The van der Waals surface area contributed by atoms with E-state index in [0.717, 1.165) is 0 Å². The van der Waals surface area contributed by atoms with Gasteiger partial charge in [0.15, 0.2) is 0 Å². The molecule has 0 aromatic heterocycles. The van der Waals surface area contributed by atoms with E-state index in [1.54, 1.807) is 0 Å². The van der Waals surface area contributed by atoms with Crippen molar-refractivity contribution in [3.05, 3.63) is 0 Å². The number of aliphatic hydroxyl groups is 1. The van der Waals surface area contributed by atoms with Gasteiger partial charge in [-0.25, -0.2) is 4.79 Å². The van der Waals surface area contributed by atoms with Crippen LogP contribution in [0, 0.1) is 5.92 Å². The highest BCUT2D eigenvalue weighted by atomic mass is 19.4. The maximum atomic E-state index is 11.8. The number of amides is 2. The van der Waals surface area contributed by atoms with Crippen LogP contribution in [0.4, 0.5) is 18.0 Å². The number of likely N-dealkylation sites (tertiary alicyclic amines) is 1. The number of hydrogen-bond donors (Lipinski definition) is 2. The zero-order chi connectivity index (χ0) is 9.52. The quantitative estimate of drug-likeness (QED) is 0.551. The van der Waals surface area contributed by atoms with Gasteiger partial charge in [-0.3, -0.25) is 4.90 Å². The van der Waals surface area contributed by atoms with Crippen LogP contribution < -0.4 is 5.73 Å². The van der Waals surface area contributed by atoms with Crippen molar-refractivity contribution < 1.29 is 23.1 Å². The first-order chi connectivity index (χ1) is 5.34. The lowest BCUT2D eigenvalue weighted by molar-refractivity contribution is -0.260. The van der Waals surface area contributed by atoms with Crippen molar-refractivity contribution in [2.24, 2.45) is 11.7 Å². The molecule has 1 aliphatic heterocycles. The van der Waals surface area contributed by atoms with Gasteiger partial charge < -0.3 is 10.8 Å². The molecule has 2 unspecified atom stereocenters. The SMILES string of the molecule is NC(=O)N1CC(C(F)(F)F)C1O. The average molecular weight is 184 g/mol. The van der Waals surface area contributed by atoms with Crippen molar-refractivity contribution in [1.82, 2.24) is 4.90 Å². The summed E-state index contributed by atoms with van der Waals surface area (Å²) in [6.07, 6.45) is -6.28. The zero-order valence-corrected chi connectivity index (χ0v) is 5.88. The third-order valence-electron chi connectivity index (χ3n) is 1.78. The molecule has 0 aromatic carbocycles. The summed E-state index contributed by atoms with van der Waals surface area (Å²) in [4.78, 5) is 10.8. The van der Waals surface area contributed by atoms with Crippen LogP contribution in [-0.2, 0) is 0 Å². The Morgan fingerprint density at radius 1 is 1.58 bits per heavy atom. The highest BCUT2D eigenvalue weighted by Gasteiger charge is 2.55. The molecule has 1 heterocycles. The second-order valence-electron chi connectivity index (χ2n) is 2.55. The number of nitrogens with two attached hydrogens (primary N) is 1. The summed E-state index contributed by atoms with van der Waals surface area (Å²) in [6.45, 7) is -0.556. The summed E-state index contributed by atoms with van der Waals surface area (Å²) in [5.74, 6) is -1.86. The Morgan fingerprint density at radius 2 is 2.08 bits per heavy atom. The molecule has 0 bridgehead atoms. The monoisotopic (exact) mass is 184 g/mol. The molecule has 0 radical (unpaired) electrons. The minimum absolute atomic E-state index is 0.554. The Balaban J connectivity index is 2.55. The van der Waals surface area contributed by atoms with Gasteiger partial charge in [0.05, 0.1) is 0 Å². The van der Waals surface area contributed by atoms with Crippen molar-refractivity contribution in [3.8, 4) is 0 Å². The van der Waals surface area contributed by atoms with Gasteiger partial charge in [-0.1, -0.05) is 0 Å². The van der Waals surface area contributed by atoms with Crippen molar-refractivity contribution in [3.63, 3.8) is 0 Å². The van der Waals surface area contributed by atoms with Crippen LogP contribution >= 0.6 is 0 Å². The van der Waals surface area contributed by atoms with E-state index >= 15 is 0 Å². The fourth-order valence-electron chi connectivity index (χ4n) is 0.986. The largest absolute Gasteiger partial charge is 0.397 e. The van der Waals surface area contributed by atoms with Crippen LogP contribution in [0.1, 0.15) is 0 Å². The van der Waals surface area contributed by atoms with Crippen LogP contribution in [0.15, 0.2) is 0 Å². The Labute approximate surface area is 65.7 Å². The second kappa shape index (κ2) is 2.51. The molecular formula is C5H7F3N2O2. The van der Waals surface area contributed by atoms with Gasteiger partial charge in [0, 0.05) is 6.54 Å². The highest BCUT2D eigenvalue weighted by molar-refractivity contribution is 5.73. The Bertz CT molecular complexity index is 205. The van der Waals surface area contributed by atoms with Gasteiger partial charge in [0.1, 0.15) is 12.1 Å². The second-order valence-corrected chi connectivity index (χ2v) is 2.55. The van der Waals surface area contributed by atoms with Crippen molar-refractivity contribution in [2.45, 2.75) is 12.4 Å². The van der Waals surface area contributed by atoms with Crippen LogP contribution in [0.3, 0.4) is 0 Å². The van der Waals surface area contributed by atoms with Gasteiger partial charge >= 0.3 is 12.2 Å². The molecule has 7 heteroatoms. The minimum atomic E-state index is -4.47. The molecule has 1 aliphatic rings. The lowest BCUT2D eigenvalue weighted by Gasteiger charge is -2.43. The lowest BCUT2D eigenvalue weighted by atomic mass is 9.97. The summed E-state index contributed by atoms with van der Waals surface area (Å²) in [5.41, 5.74) is 4.65. The van der Waals surface area contributed by atoms with Gasteiger partial charge in [-0.15, -0.1) is 0 Å². The summed E-state index contributed by atoms with van der Waals surface area (Å²) in [7, 11) is 0. The number of rotatable bonds is 0. The Morgan fingerprint density at radius 3 is 2.33 bits per heavy atom. The molecule has 0 aromatic rings. The Hall–Kier alpha value is -0.980. The number of nitrogens with zero attached hydrogens (tertiary/aromatic N) is 1. The maximum Gasteiger partial charge on any atom is 0.397 e. The van der Waals surface area contributed by atoms with Gasteiger partial charge in [-0.2, -0.15) is 13.2 Å². The van der Waals surface area contributed by atoms with Crippen molar-refractivity contribution in [2.75, 3.05) is 6.54 Å². The van der Waals surface area contributed by atoms with E-state index in [9.17, 15) is 18.0 Å². The fraction of sp³-hybridized carbons (Fsp3) is 0.800. The number of carbonyl (C=O) groups is 1. The molecule has 4 nitrogen and oxygen atoms in total. The van der Waals surface area contributed by atoms with Crippen LogP contribution in [0.2, 0.25) is 0 Å². The summed E-state index contributed by atoms with van der Waals surface area (Å²) >= 11 is 0. The third kappa shape index (κ3) is 1.31. The van der Waals surface area contributed by atoms with E-state index in [1.807, 2.05) is 0 Å². The van der Waals surface area contributed by atoms with Crippen LogP contribution in [0.5, 0.6) is 0 Å². The van der Waals surface area contributed by atoms with E-state index in [0.29, 0.717) is 4.90 Å². The molecule has 0 aliphatic carbocycles. The van der Waals surface area contributed by atoms with Gasteiger partial charge in [0.2, 0.25) is 0 Å². The Kier molecular flexibility index (Phi) is 1.91. The number of primary amides is 1. The predicted octanol–water partition coefficient (Wildman–Crippen LogP) is -0.122. The molecule has 1 rings (SSSR count). The molecule has 0 spiro atoms. The summed E-state index contributed by atoms with van der Waals surface area (Å²) < 4.78 is 35.5. The standard InChI is InChI=1S/C5H7F3N2O2/c6-5(7,8)2-1-10(3(2)11)4(9)12/h2-3,11H,1H2,(H2,9,12). The molecule has 2 atom stereocenters. The number of carbonyl (C=O) groups excluding carboxylic acids is 1.